The Balaban J connectivity index is 1.66. The van der Waals surface area contributed by atoms with Crippen molar-refractivity contribution >= 4 is 5.97 Å². The van der Waals surface area contributed by atoms with Crippen LogP contribution in [0.4, 0.5) is 0 Å². The molecule has 3 N–H and O–H groups in total. The van der Waals surface area contributed by atoms with Crippen molar-refractivity contribution in [3.8, 4) is 0 Å². The van der Waals surface area contributed by atoms with Gasteiger partial charge in [0.15, 0.2) is 0 Å². The number of carboxylic acids is 1. The zero-order valence-electron chi connectivity index (χ0n) is 11.7. The molecule has 2 aliphatic carbocycles. The molecule has 0 spiro atoms. The Kier molecular flexibility index (Phi) is 5.22. The molecule has 0 heterocycles. The molecule has 19 heavy (non-hydrogen) atoms. The van der Waals surface area contributed by atoms with Gasteiger partial charge in [-0.2, -0.15) is 0 Å². The molecule has 0 aromatic heterocycles. The number of hydrogen-bond donors (Lipinski definition) is 3. The van der Waals surface area contributed by atoms with Gasteiger partial charge >= 0.3 is 5.97 Å². The molecule has 2 rings (SSSR count). The van der Waals surface area contributed by atoms with Crippen LogP contribution >= 0.6 is 0 Å². The van der Waals surface area contributed by atoms with Crippen molar-refractivity contribution in [3.05, 3.63) is 0 Å². The Morgan fingerprint density at radius 1 is 1.11 bits per heavy atom. The van der Waals surface area contributed by atoms with Gasteiger partial charge in [-0.3, -0.25) is 4.79 Å². The lowest BCUT2D eigenvalue weighted by Gasteiger charge is -2.35. The normalized spacial score (nSPS) is 33.2. The van der Waals surface area contributed by atoms with Gasteiger partial charge in [-0.05, 0) is 51.0 Å². The van der Waals surface area contributed by atoms with E-state index in [1.165, 1.54) is 32.1 Å². The van der Waals surface area contributed by atoms with Crippen molar-refractivity contribution < 1.29 is 15.0 Å². The first-order chi connectivity index (χ1) is 9.09. The highest BCUT2D eigenvalue weighted by Gasteiger charge is 2.35. The zero-order chi connectivity index (χ0) is 13.7. The number of hydrogen-bond acceptors (Lipinski definition) is 3. The van der Waals surface area contributed by atoms with E-state index in [-0.39, 0.29) is 5.92 Å². The summed E-state index contributed by atoms with van der Waals surface area (Å²) < 4.78 is 0. The highest BCUT2D eigenvalue weighted by Crippen LogP contribution is 2.32. The predicted molar refractivity (Wildman–Crippen MR) is 74.0 cm³/mol. The molecule has 2 saturated carbocycles. The van der Waals surface area contributed by atoms with Crippen LogP contribution in [0.25, 0.3) is 0 Å². The first kappa shape index (κ1) is 14.8. The molecule has 4 nitrogen and oxygen atoms in total. The van der Waals surface area contributed by atoms with Gasteiger partial charge in [-0.1, -0.05) is 19.3 Å². The number of aliphatic hydroxyl groups is 1. The summed E-state index contributed by atoms with van der Waals surface area (Å²) in [5, 5.41) is 22.8. The lowest BCUT2D eigenvalue weighted by Crippen LogP contribution is -2.45. The lowest BCUT2D eigenvalue weighted by molar-refractivity contribution is -0.144. The van der Waals surface area contributed by atoms with Gasteiger partial charge in [0.05, 0.1) is 11.5 Å². The summed E-state index contributed by atoms with van der Waals surface area (Å²) in [6.45, 7) is 1.63. The van der Waals surface area contributed by atoms with E-state index in [1.807, 2.05) is 0 Å². The fourth-order valence-corrected chi connectivity index (χ4v) is 3.48. The Labute approximate surface area is 115 Å². The topological polar surface area (TPSA) is 69.6 Å². The lowest BCUT2D eigenvalue weighted by atomic mass is 9.78. The maximum absolute atomic E-state index is 10.9. The second kappa shape index (κ2) is 6.71. The van der Waals surface area contributed by atoms with Crippen molar-refractivity contribution in [1.29, 1.82) is 0 Å². The Morgan fingerprint density at radius 2 is 1.74 bits per heavy atom. The molecule has 0 atom stereocenters. The summed E-state index contributed by atoms with van der Waals surface area (Å²) >= 11 is 0. The number of carboxylic acid groups (broad SMARTS) is 1. The molecule has 0 aliphatic heterocycles. The van der Waals surface area contributed by atoms with Crippen LogP contribution in [-0.4, -0.2) is 34.9 Å². The highest BCUT2D eigenvalue weighted by molar-refractivity contribution is 5.70. The summed E-state index contributed by atoms with van der Waals surface area (Å²) in [6.07, 6.45) is 9.13. The molecule has 0 amide bonds. The number of aliphatic carboxylic acids is 1. The molecule has 110 valence electrons. The minimum atomic E-state index is -0.711. The third kappa shape index (κ3) is 4.46. The molecule has 0 bridgehead atoms. The second-order valence-electron chi connectivity index (χ2n) is 6.47. The maximum Gasteiger partial charge on any atom is 0.306 e. The molecule has 2 aliphatic rings. The van der Waals surface area contributed by atoms with Crippen molar-refractivity contribution in [1.82, 2.24) is 5.32 Å². The minimum Gasteiger partial charge on any atom is -0.481 e. The Hall–Kier alpha value is -0.610. The van der Waals surface area contributed by atoms with Crippen molar-refractivity contribution in [3.63, 3.8) is 0 Å². The summed E-state index contributed by atoms with van der Waals surface area (Å²) in [4.78, 5) is 10.9. The average molecular weight is 269 g/mol. The van der Waals surface area contributed by atoms with Gasteiger partial charge in [0.1, 0.15) is 0 Å². The fraction of sp³-hybridized carbons (Fsp3) is 0.933. The van der Waals surface area contributed by atoms with E-state index < -0.39 is 11.6 Å². The van der Waals surface area contributed by atoms with Crippen LogP contribution in [0.2, 0.25) is 0 Å². The number of carbonyl (C=O) groups is 1. The summed E-state index contributed by atoms with van der Waals surface area (Å²) in [6, 6.07) is 0. The second-order valence-corrected chi connectivity index (χ2v) is 6.47. The van der Waals surface area contributed by atoms with Gasteiger partial charge in [-0.15, -0.1) is 0 Å². The van der Waals surface area contributed by atoms with Crippen LogP contribution in [0.15, 0.2) is 0 Å². The molecular weight excluding hydrogens is 242 g/mol. The van der Waals surface area contributed by atoms with Crippen LogP contribution in [0.3, 0.4) is 0 Å². The predicted octanol–water partition coefficient (Wildman–Crippen LogP) is 2.16. The Morgan fingerprint density at radius 3 is 2.32 bits per heavy atom. The molecule has 0 saturated heterocycles. The standard InChI is InChI=1S/C15H27NO3/c17-14(18)13-6-8-15(19,9-7-13)11-16-10-12-4-2-1-3-5-12/h12-13,16,19H,1-11H2,(H,17,18). The quantitative estimate of drug-likeness (QED) is 0.715. The van der Waals surface area contributed by atoms with E-state index in [1.54, 1.807) is 0 Å². The van der Waals surface area contributed by atoms with Gasteiger partial charge < -0.3 is 15.5 Å². The molecule has 0 radical (unpaired) electrons. The SMILES string of the molecule is O=C(O)C1CCC(O)(CNCC2CCCCC2)CC1. The molecule has 0 aromatic rings. The number of rotatable bonds is 5. The molecule has 4 heteroatoms. The van der Waals surface area contributed by atoms with Gasteiger partial charge in [0, 0.05) is 6.54 Å². The molecular formula is C15H27NO3. The van der Waals surface area contributed by atoms with E-state index in [2.05, 4.69) is 5.32 Å². The van der Waals surface area contributed by atoms with Gasteiger partial charge in [0.2, 0.25) is 0 Å². The third-order valence-corrected chi connectivity index (χ3v) is 4.88. The third-order valence-electron chi connectivity index (χ3n) is 4.88. The van der Waals surface area contributed by atoms with E-state index in [0.29, 0.717) is 32.2 Å². The minimum absolute atomic E-state index is 0.251. The van der Waals surface area contributed by atoms with E-state index >= 15 is 0 Å². The maximum atomic E-state index is 10.9. The zero-order valence-corrected chi connectivity index (χ0v) is 11.7. The van der Waals surface area contributed by atoms with Gasteiger partial charge in [0.25, 0.3) is 0 Å². The van der Waals surface area contributed by atoms with Crippen molar-refractivity contribution in [2.45, 2.75) is 63.4 Å². The van der Waals surface area contributed by atoms with Crippen LogP contribution in [0, 0.1) is 11.8 Å². The van der Waals surface area contributed by atoms with E-state index in [0.717, 1.165) is 12.5 Å². The summed E-state index contributed by atoms with van der Waals surface area (Å²) in [5.41, 5.74) is -0.680. The van der Waals surface area contributed by atoms with Crippen molar-refractivity contribution in [2.24, 2.45) is 11.8 Å². The van der Waals surface area contributed by atoms with Gasteiger partial charge in [-0.25, -0.2) is 0 Å². The monoisotopic (exact) mass is 269 g/mol. The van der Waals surface area contributed by atoms with Crippen LogP contribution in [-0.2, 0) is 4.79 Å². The Bertz CT molecular complexity index is 292. The summed E-state index contributed by atoms with van der Waals surface area (Å²) in [5.74, 6) is -0.191. The summed E-state index contributed by atoms with van der Waals surface area (Å²) in [7, 11) is 0. The number of nitrogens with one attached hydrogen (secondary N) is 1. The molecule has 2 fully saturated rings. The smallest absolute Gasteiger partial charge is 0.306 e. The first-order valence-corrected chi connectivity index (χ1v) is 7.75. The molecule has 0 unspecified atom stereocenters. The van der Waals surface area contributed by atoms with E-state index in [4.69, 9.17) is 5.11 Å². The first-order valence-electron chi connectivity index (χ1n) is 7.75. The average Bonchev–Trinajstić information content (AvgIpc) is 2.40. The fourth-order valence-electron chi connectivity index (χ4n) is 3.48. The van der Waals surface area contributed by atoms with Crippen LogP contribution < -0.4 is 5.32 Å². The van der Waals surface area contributed by atoms with Crippen molar-refractivity contribution in [2.75, 3.05) is 13.1 Å². The van der Waals surface area contributed by atoms with Crippen LogP contribution in [0.5, 0.6) is 0 Å². The van der Waals surface area contributed by atoms with Crippen LogP contribution in [0.1, 0.15) is 57.8 Å². The van der Waals surface area contributed by atoms with E-state index in [9.17, 15) is 9.90 Å². The molecule has 0 aromatic carbocycles. The highest BCUT2D eigenvalue weighted by atomic mass is 16.4. The largest absolute Gasteiger partial charge is 0.481 e.